The highest BCUT2D eigenvalue weighted by Gasteiger charge is 2.03. The summed E-state index contributed by atoms with van der Waals surface area (Å²) in [5.74, 6) is 0.865. The third-order valence-corrected chi connectivity index (χ3v) is 2.62. The van der Waals surface area contributed by atoms with Crippen LogP contribution in [0.4, 0.5) is 0 Å². The van der Waals surface area contributed by atoms with Crippen LogP contribution >= 0.6 is 0 Å². The average molecular weight is 213 g/mol. The van der Waals surface area contributed by atoms with Gasteiger partial charge < -0.3 is 10.5 Å². The Labute approximate surface area is 95.7 Å². The summed E-state index contributed by atoms with van der Waals surface area (Å²) in [6.07, 6.45) is 0. The molecule has 0 aliphatic heterocycles. The van der Waals surface area contributed by atoms with Crippen LogP contribution in [0.5, 0.6) is 5.75 Å². The van der Waals surface area contributed by atoms with E-state index in [4.69, 9.17) is 10.5 Å². The molecule has 0 aliphatic rings. The molecule has 0 atom stereocenters. The van der Waals surface area contributed by atoms with Gasteiger partial charge in [-0.3, -0.25) is 0 Å². The van der Waals surface area contributed by atoms with Gasteiger partial charge >= 0.3 is 0 Å². The number of hydrogen-bond acceptors (Lipinski definition) is 2. The monoisotopic (exact) mass is 213 g/mol. The summed E-state index contributed by atoms with van der Waals surface area (Å²) >= 11 is 0. The largest absolute Gasteiger partial charge is 0.497 e. The van der Waals surface area contributed by atoms with E-state index in [-0.39, 0.29) is 0 Å². The van der Waals surface area contributed by atoms with Crippen LogP contribution in [-0.2, 0) is 6.54 Å². The van der Waals surface area contributed by atoms with Gasteiger partial charge in [0.25, 0.3) is 0 Å². The van der Waals surface area contributed by atoms with Crippen molar-refractivity contribution in [3.8, 4) is 16.9 Å². The number of hydrogen-bond donors (Lipinski definition) is 1. The molecule has 0 spiro atoms. The van der Waals surface area contributed by atoms with Crippen molar-refractivity contribution in [1.29, 1.82) is 0 Å². The highest BCUT2D eigenvalue weighted by atomic mass is 16.5. The Balaban J connectivity index is 2.49. The van der Waals surface area contributed by atoms with Gasteiger partial charge in [-0.05, 0) is 28.8 Å². The molecule has 0 bridgehead atoms. The Bertz CT molecular complexity index is 480. The minimum atomic E-state index is 0.549. The van der Waals surface area contributed by atoms with Crippen LogP contribution < -0.4 is 10.5 Å². The van der Waals surface area contributed by atoms with Crippen molar-refractivity contribution in [3.63, 3.8) is 0 Å². The zero-order chi connectivity index (χ0) is 11.4. The number of methoxy groups -OCH3 is 1. The lowest BCUT2D eigenvalue weighted by atomic mass is 10.00. The summed E-state index contributed by atoms with van der Waals surface area (Å²) in [5.41, 5.74) is 9.19. The second kappa shape index (κ2) is 4.81. The van der Waals surface area contributed by atoms with Crippen molar-refractivity contribution in [2.45, 2.75) is 6.54 Å². The number of benzene rings is 2. The molecular weight excluding hydrogens is 198 g/mol. The van der Waals surface area contributed by atoms with E-state index in [9.17, 15) is 0 Å². The summed E-state index contributed by atoms with van der Waals surface area (Å²) in [5, 5.41) is 0. The van der Waals surface area contributed by atoms with E-state index in [1.54, 1.807) is 7.11 Å². The predicted molar refractivity (Wildman–Crippen MR) is 66.3 cm³/mol. The topological polar surface area (TPSA) is 35.2 Å². The third-order valence-electron chi connectivity index (χ3n) is 2.62. The first-order chi connectivity index (χ1) is 7.85. The zero-order valence-corrected chi connectivity index (χ0v) is 9.31. The Hall–Kier alpha value is -1.80. The van der Waals surface area contributed by atoms with Crippen LogP contribution in [0.25, 0.3) is 11.1 Å². The maximum Gasteiger partial charge on any atom is 0.119 e. The van der Waals surface area contributed by atoms with E-state index < -0.39 is 0 Å². The molecule has 0 aliphatic carbocycles. The summed E-state index contributed by atoms with van der Waals surface area (Å²) < 4.78 is 5.22. The molecule has 2 N–H and O–H groups in total. The van der Waals surface area contributed by atoms with Crippen molar-refractivity contribution >= 4 is 0 Å². The van der Waals surface area contributed by atoms with E-state index in [0.29, 0.717) is 6.54 Å². The lowest BCUT2D eigenvalue weighted by molar-refractivity contribution is 0.415. The first kappa shape index (κ1) is 10.7. The zero-order valence-electron chi connectivity index (χ0n) is 9.31. The molecule has 82 valence electrons. The second-order valence-electron chi connectivity index (χ2n) is 3.59. The molecule has 0 unspecified atom stereocenters. The maximum atomic E-state index is 5.73. The minimum Gasteiger partial charge on any atom is -0.497 e. The van der Waals surface area contributed by atoms with Gasteiger partial charge in [-0.15, -0.1) is 0 Å². The second-order valence-corrected chi connectivity index (χ2v) is 3.59. The average Bonchev–Trinajstić information content (AvgIpc) is 2.38. The van der Waals surface area contributed by atoms with Crippen LogP contribution in [-0.4, -0.2) is 7.11 Å². The molecule has 2 nitrogen and oxygen atoms in total. The molecule has 0 amide bonds. The van der Waals surface area contributed by atoms with Gasteiger partial charge in [-0.1, -0.05) is 36.4 Å². The van der Waals surface area contributed by atoms with Gasteiger partial charge in [0, 0.05) is 6.54 Å². The fraction of sp³-hybridized carbons (Fsp3) is 0.143. The van der Waals surface area contributed by atoms with E-state index >= 15 is 0 Å². The SMILES string of the molecule is COc1cccc(-c2ccccc2CN)c1. The molecule has 2 heteroatoms. The maximum absolute atomic E-state index is 5.73. The Morgan fingerprint density at radius 1 is 1.06 bits per heavy atom. The van der Waals surface area contributed by atoms with Crippen LogP contribution in [0.2, 0.25) is 0 Å². The molecule has 0 heterocycles. The van der Waals surface area contributed by atoms with Crippen LogP contribution in [0, 0.1) is 0 Å². The smallest absolute Gasteiger partial charge is 0.119 e. The number of nitrogens with two attached hydrogens (primary N) is 1. The Morgan fingerprint density at radius 3 is 2.62 bits per heavy atom. The first-order valence-electron chi connectivity index (χ1n) is 5.27. The normalized spacial score (nSPS) is 10.1. The Kier molecular flexibility index (Phi) is 3.22. The van der Waals surface area contributed by atoms with E-state index in [1.165, 1.54) is 5.56 Å². The van der Waals surface area contributed by atoms with Gasteiger partial charge in [0.15, 0.2) is 0 Å². The summed E-state index contributed by atoms with van der Waals surface area (Å²) in [6.45, 7) is 0.549. The van der Waals surface area contributed by atoms with Crippen molar-refractivity contribution in [1.82, 2.24) is 0 Å². The van der Waals surface area contributed by atoms with Crippen LogP contribution in [0.15, 0.2) is 48.5 Å². The highest BCUT2D eigenvalue weighted by Crippen LogP contribution is 2.26. The summed E-state index contributed by atoms with van der Waals surface area (Å²) in [4.78, 5) is 0. The molecule has 2 aromatic rings. The number of ether oxygens (including phenoxy) is 1. The quantitative estimate of drug-likeness (QED) is 0.850. The van der Waals surface area contributed by atoms with Crippen LogP contribution in [0.1, 0.15) is 5.56 Å². The number of rotatable bonds is 3. The first-order valence-corrected chi connectivity index (χ1v) is 5.27. The third kappa shape index (κ3) is 2.07. The molecule has 0 radical (unpaired) electrons. The van der Waals surface area contributed by atoms with E-state index in [2.05, 4.69) is 18.2 Å². The summed E-state index contributed by atoms with van der Waals surface area (Å²) in [7, 11) is 1.67. The van der Waals surface area contributed by atoms with Crippen molar-refractivity contribution in [3.05, 3.63) is 54.1 Å². The summed E-state index contributed by atoms with van der Waals surface area (Å²) in [6, 6.07) is 16.2. The molecule has 16 heavy (non-hydrogen) atoms. The standard InChI is InChI=1S/C14H15NO/c1-16-13-7-4-6-11(9-13)14-8-3-2-5-12(14)10-15/h2-9H,10,15H2,1H3. The highest BCUT2D eigenvalue weighted by molar-refractivity contribution is 5.68. The molecule has 0 aromatic heterocycles. The molecular formula is C14H15NO. The van der Waals surface area contributed by atoms with Crippen molar-refractivity contribution < 1.29 is 4.74 Å². The minimum absolute atomic E-state index is 0.549. The van der Waals surface area contributed by atoms with Crippen LogP contribution in [0.3, 0.4) is 0 Å². The van der Waals surface area contributed by atoms with Gasteiger partial charge in [0.1, 0.15) is 5.75 Å². The predicted octanol–water partition coefficient (Wildman–Crippen LogP) is 2.82. The molecule has 0 fully saturated rings. The fourth-order valence-corrected chi connectivity index (χ4v) is 1.77. The van der Waals surface area contributed by atoms with Crippen molar-refractivity contribution in [2.24, 2.45) is 5.73 Å². The van der Waals surface area contributed by atoms with Gasteiger partial charge in [0.2, 0.25) is 0 Å². The van der Waals surface area contributed by atoms with E-state index in [1.807, 2.05) is 30.3 Å². The van der Waals surface area contributed by atoms with Crippen molar-refractivity contribution in [2.75, 3.05) is 7.11 Å². The van der Waals surface area contributed by atoms with Gasteiger partial charge in [0.05, 0.1) is 7.11 Å². The molecule has 2 aromatic carbocycles. The molecule has 0 saturated carbocycles. The molecule has 2 rings (SSSR count). The van der Waals surface area contributed by atoms with E-state index in [0.717, 1.165) is 16.9 Å². The fourth-order valence-electron chi connectivity index (χ4n) is 1.77. The lowest BCUT2D eigenvalue weighted by Crippen LogP contribution is -1.98. The lowest BCUT2D eigenvalue weighted by Gasteiger charge is -2.08. The van der Waals surface area contributed by atoms with Gasteiger partial charge in [-0.25, -0.2) is 0 Å². The van der Waals surface area contributed by atoms with Gasteiger partial charge in [-0.2, -0.15) is 0 Å². The molecule has 0 saturated heterocycles. The Morgan fingerprint density at radius 2 is 1.88 bits per heavy atom.